The zero-order valence-corrected chi connectivity index (χ0v) is 15.8. The topological polar surface area (TPSA) is 76.1 Å². The first-order valence-corrected chi connectivity index (χ1v) is 8.85. The van der Waals surface area contributed by atoms with Crippen molar-refractivity contribution >= 4 is 11.9 Å². The van der Waals surface area contributed by atoms with Gasteiger partial charge in [0.15, 0.2) is 0 Å². The van der Waals surface area contributed by atoms with Gasteiger partial charge >= 0.3 is 6.09 Å². The van der Waals surface area contributed by atoms with Crippen LogP contribution in [0, 0.1) is 24.7 Å². The molecule has 1 fully saturated rings. The lowest BCUT2D eigenvalue weighted by molar-refractivity contribution is 0.0467. The maximum atomic E-state index is 11.7. The monoisotopic (exact) mass is 344 g/mol. The van der Waals surface area contributed by atoms with Crippen LogP contribution in [0.5, 0.6) is 0 Å². The Hall–Kier alpha value is -2.29. The molecule has 1 aromatic heterocycles. The van der Waals surface area contributed by atoms with Gasteiger partial charge in [0.1, 0.15) is 17.2 Å². The summed E-state index contributed by atoms with van der Waals surface area (Å²) >= 11 is 0. The third-order valence-electron chi connectivity index (χ3n) is 3.72. The number of carbonyl (C=O) groups is 1. The normalized spacial score (nSPS) is 19.2. The van der Waals surface area contributed by atoms with E-state index in [9.17, 15) is 4.79 Å². The molecule has 0 spiro atoms. The van der Waals surface area contributed by atoms with Crippen LogP contribution in [0.1, 0.15) is 58.3 Å². The molecular formula is C19H28N4O2. The number of hydrogen-bond donors (Lipinski definition) is 2. The highest BCUT2D eigenvalue weighted by Crippen LogP contribution is 2.27. The summed E-state index contributed by atoms with van der Waals surface area (Å²) in [4.78, 5) is 20.4. The van der Waals surface area contributed by atoms with Crippen LogP contribution in [0.4, 0.5) is 10.6 Å². The molecule has 1 amide bonds. The third-order valence-corrected chi connectivity index (χ3v) is 3.72. The Labute approximate surface area is 150 Å². The van der Waals surface area contributed by atoms with Crippen LogP contribution >= 0.6 is 0 Å². The fourth-order valence-corrected chi connectivity index (χ4v) is 2.45. The number of rotatable bonds is 4. The predicted molar refractivity (Wildman–Crippen MR) is 98.3 cm³/mol. The largest absolute Gasteiger partial charge is 0.444 e. The van der Waals surface area contributed by atoms with Crippen LogP contribution in [-0.2, 0) is 4.74 Å². The Morgan fingerprint density at radius 1 is 1.40 bits per heavy atom. The minimum Gasteiger partial charge on any atom is -0.444 e. The Kier molecular flexibility index (Phi) is 6.24. The lowest BCUT2D eigenvalue weighted by Crippen LogP contribution is -2.45. The molecule has 0 aliphatic heterocycles. The maximum absolute atomic E-state index is 11.7. The molecule has 1 aliphatic rings. The average molecular weight is 344 g/mol. The molecule has 0 radical (unpaired) electrons. The van der Waals surface area contributed by atoms with Crippen molar-refractivity contribution in [1.82, 2.24) is 15.3 Å². The number of aromatic nitrogens is 2. The van der Waals surface area contributed by atoms with Crippen molar-refractivity contribution in [3.05, 3.63) is 17.6 Å². The van der Waals surface area contributed by atoms with Gasteiger partial charge in [-0.1, -0.05) is 18.8 Å². The number of nitrogens with one attached hydrogen (secondary N) is 2. The van der Waals surface area contributed by atoms with Crippen LogP contribution in [-0.4, -0.2) is 34.2 Å². The molecule has 1 aromatic rings. The second-order valence-electron chi connectivity index (χ2n) is 7.39. The molecular weight excluding hydrogens is 316 g/mol. The van der Waals surface area contributed by atoms with Crippen LogP contribution < -0.4 is 10.6 Å². The van der Waals surface area contributed by atoms with E-state index in [2.05, 4.69) is 39.4 Å². The first kappa shape index (κ1) is 19.0. The summed E-state index contributed by atoms with van der Waals surface area (Å²) in [5, 5.41) is 6.17. The number of alkyl carbamates (subject to hydrolysis) is 1. The molecule has 2 N–H and O–H groups in total. The van der Waals surface area contributed by atoms with Crippen molar-refractivity contribution in [2.24, 2.45) is 5.92 Å². The molecule has 0 atom stereocenters. The molecule has 1 aliphatic carbocycles. The van der Waals surface area contributed by atoms with E-state index in [0.717, 1.165) is 43.0 Å². The second kappa shape index (κ2) is 8.19. The Morgan fingerprint density at radius 3 is 2.76 bits per heavy atom. The lowest BCUT2D eigenvalue weighted by Gasteiger charge is -2.33. The number of hydrogen-bond acceptors (Lipinski definition) is 5. The highest BCUT2D eigenvalue weighted by molar-refractivity contribution is 5.68. The molecule has 0 bridgehead atoms. The fourth-order valence-electron chi connectivity index (χ4n) is 2.45. The Morgan fingerprint density at radius 2 is 2.12 bits per heavy atom. The quantitative estimate of drug-likeness (QED) is 0.820. The summed E-state index contributed by atoms with van der Waals surface area (Å²) < 4.78 is 5.26. The van der Waals surface area contributed by atoms with Crippen molar-refractivity contribution in [2.75, 3.05) is 11.9 Å². The molecule has 1 heterocycles. The standard InChI is InChI=1S/C19H28N4O2/c1-6-9-20-17-15(12-21-13(2)22-17)8-7-14-10-16(11-14)23-18(24)25-19(3,4)5/h12,14,16H,6,9-11H2,1-5H3,(H,23,24)(H,20,21,22). The minimum absolute atomic E-state index is 0.140. The molecule has 6 nitrogen and oxygen atoms in total. The Balaban J connectivity index is 1.87. The van der Waals surface area contributed by atoms with Gasteiger partial charge in [-0.2, -0.15) is 0 Å². The number of amides is 1. The van der Waals surface area contributed by atoms with Crippen LogP contribution in [0.15, 0.2) is 6.20 Å². The molecule has 25 heavy (non-hydrogen) atoms. The van der Waals surface area contributed by atoms with Crippen molar-refractivity contribution in [3.8, 4) is 11.8 Å². The molecule has 136 valence electrons. The zero-order valence-electron chi connectivity index (χ0n) is 15.8. The predicted octanol–water partition coefficient (Wildman–Crippen LogP) is 3.26. The summed E-state index contributed by atoms with van der Waals surface area (Å²) in [5.41, 5.74) is 0.350. The van der Waals surface area contributed by atoms with Gasteiger partial charge in [-0.3, -0.25) is 0 Å². The zero-order chi connectivity index (χ0) is 18.4. The van der Waals surface area contributed by atoms with Gasteiger partial charge in [0.05, 0.1) is 5.56 Å². The van der Waals surface area contributed by atoms with E-state index in [1.54, 1.807) is 6.20 Å². The van der Waals surface area contributed by atoms with Gasteiger partial charge < -0.3 is 15.4 Å². The SMILES string of the molecule is CCCNc1nc(C)ncc1C#CC1CC(NC(=O)OC(C)(C)C)C1. The van der Waals surface area contributed by atoms with E-state index >= 15 is 0 Å². The molecule has 0 aromatic carbocycles. The summed E-state index contributed by atoms with van der Waals surface area (Å²) in [6.45, 7) is 10.4. The van der Waals surface area contributed by atoms with Crippen molar-refractivity contribution in [2.45, 2.75) is 65.5 Å². The summed E-state index contributed by atoms with van der Waals surface area (Å²) in [7, 11) is 0. The van der Waals surface area contributed by atoms with E-state index in [4.69, 9.17) is 4.74 Å². The highest BCUT2D eigenvalue weighted by atomic mass is 16.6. The highest BCUT2D eigenvalue weighted by Gasteiger charge is 2.30. The van der Waals surface area contributed by atoms with Gasteiger partial charge in [-0.15, -0.1) is 0 Å². The second-order valence-corrected chi connectivity index (χ2v) is 7.39. The van der Waals surface area contributed by atoms with Crippen molar-refractivity contribution in [1.29, 1.82) is 0 Å². The lowest BCUT2D eigenvalue weighted by atomic mass is 9.81. The summed E-state index contributed by atoms with van der Waals surface area (Å²) in [6.07, 6.45) is 4.12. The maximum Gasteiger partial charge on any atom is 0.407 e. The smallest absolute Gasteiger partial charge is 0.407 e. The van der Waals surface area contributed by atoms with Crippen molar-refractivity contribution < 1.29 is 9.53 Å². The van der Waals surface area contributed by atoms with E-state index in [0.29, 0.717) is 0 Å². The molecule has 0 saturated heterocycles. The molecule has 2 rings (SSSR count). The molecule has 6 heteroatoms. The van der Waals surface area contributed by atoms with E-state index in [-0.39, 0.29) is 18.1 Å². The Bertz CT molecular complexity index is 664. The fraction of sp³-hybridized carbons (Fsp3) is 0.632. The van der Waals surface area contributed by atoms with Crippen LogP contribution in [0.25, 0.3) is 0 Å². The third kappa shape index (κ3) is 6.26. The van der Waals surface area contributed by atoms with E-state index in [1.807, 2.05) is 27.7 Å². The van der Waals surface area contributed by atoms with Crippen LogP contribution in [0.2, 0.25) is 0 Å². The minimum atomic E-state index is -0.472. The van der Waals surface area contributed by atoms with Gasteiger partial charge in [-0.25, -0.2) is 14.8 Å². The van der Waals surface area contributed by atoms with Gasteiger partial charge in [0.25, 0.3) is 0 Å². The van der Waals surface area contributed by atoms with Crippen LogP contribution in [0.3, 0.4) is 0 Å². The van der Waals surface area contributed by atoms with Crippen molar-refractivity contribution in [3.63, 3.8) is 0 Å². The number of carbonyl (C=O) groups excluding carboxylic acids is 1. The molecule has 0 unspecified atom stereocenters. The van der Waals surface area contributed by atoms with E-state index < -0.39 is 5.60 Å². The number of aryl methyl sites for hydroxylation is 1. The average Bonchev–Trinajstić information content (AvgIpc) is 2.46. The van der Waals surface area contributed by atoms with Gasteiger partial charge in [-0.05, 0) is 47.0 Å². The summed E-state index contributed by atoms with van der Waals surface area (Å²) in [6, 6.07) is 0.140. The number of anilines is 1. The molecule has 1 saturated carbocycles. The van der Waals surface area contributed by atoms with Gasteiger partial charge in [0.2, 0.25) is 0 Å². The number of ether oxygens (including phenoxy) is 1. The van der Waals surface area contributed by atoms with Gasteiger partial charge in [0, 0.05) is 24.7 Å². The first-order valence-electron chi connectivity index (χ1n) is 8.85. The first-order chi connectivity index (χ1) is 11.8. The summed E-state index contributed by atoms with van der Waals surface area (Å²) in [5.74, 6) is 8.25. The van der Waals surface area contributed by atoms with E-state index in [1.165, 1.54) is 0 Å². The number of nitrogens with zero attached hydrogens (tertiary/aromatic N) is 2.